The van der Waals surface area contributed by atoms with E-state index in [2.05, 4.69) is 39.2 Å². The lowest BCUT2D eigenvalue weighted by Gasteiger charge is -2.15. The Hall–Kier alpha value is -2.49. The van der Waals surface area contributed by atoms with Crippen molar-refractivity contribution in [1.29, 1.82) is 0 Å². The summed E-state index contributed by atoms with van der Waals surface area (Å²) in [6.07, 6.45) is 0. The molecule has 0 aliphatic heterocycles. The molecule has 0 aliphatic carbocycles. The van der Waals surface area contributed by atoms with E-state index >= 15 is 0 Å². The van der Waals surface area contributed by atoms with E-state index in [0.717, 1.165) is 28.2 Å². The van der Waals surface area contributed by atoms with Crippen LogP contribution >= 0.6 is 0 Å². The van der Waals surface area contributed by atoms with Crippen LogP contribution in [0.5, 0.6) is 0 Å². The minimum absolute atomic E-state index is 0.797. The van der Waals surface area contributed by atoms with Crippen LogP contribution in [0, 0.1) is 0 Å². The Bertz CT molecular complexity index is 557. The van der Waals surface area contributed by atoms with Gasteiger partial charge >= 0.3 is 0 Å². The summed E-state index contributed by atoms with van der Waals surface area (Å²) in [6.45, 7) is 0. The predicted octanol–water partition coefficient (Wildman–Crippen LogP) is 2.53. The van der Waals surface area contributed by atoms with Gasteiger partial charge in [-0.1, -0.05) is 24.3 Å². The van der Waals surface area contributed by atoms with Gasteiger partial charge in [0.25, 0.3) is 0 Å². The van der Waals surface area contributed by atoms with Gasteiger partial charge in [-0.05, 0) is 24.3 Å². The van der Waals surface area contributed by atoms with Crippen LogP contribution in [0.15, 0.2) is 53.6 Å². The molecule has 0 heterocycles. The molecular weight excluding hydrogens is 260 g/mol. The van der Waals surface area contributed by atoms with Crippen molar-refractivity contribution < 1.29 is 0 Å². The largest absolute Gasteiger partial charge is 0.378 e. The Morgan fingerprint density at radius 1 is 0.714 bits per heavy atom. The molecule has 2 aromatic carbocycles. The third kappa shape index (κ3) is 3.34. The van der Waals surface area contributed by atoms with E-state index < -0.39 is 0 Å². The molecule has 0 amide bonds. The third-order valence-corrected chi connectivity index (χ3v) is 3.44. The Balaban J connectivity index is 2.31. The normalized spacial score (nSPS) is 10.1. The average Bonchev–Trinajstić information content (AvgIpc) is 2.49. The quantitative estimate of drug-likeness (QED) is 0.532. The summed E-state index contributed by atoms with van der Waals surface area (Å²) in [6, 6.07) is 16.4. The summed E-state index contributed by atoms with van der Waals surface area (Å²) in [5.74, 6) is 5.60. The second-order valence-corrected chi connectivity index (χ2v) is 5.36. The molecule has 0 spiro atoms. The lowest BCUT2D eigenvalue weighted by Crippen LogP contribution is -2.11. The maximum Gasteiger partial charge on any atom is 0.0971 e. The highest BCUT2D eigenvalue weighted by Crippen LogP contribution is 2.18. The Labute approximate surface area is 126 Å². The van der Waals surface area contributed by atoms with Gasteiger partial charge in [0.15, 0.2) is 0 Å². The van der Waals surface area contributed by atoms with Gasteiger partial charge in [-0.15, -0.1) is 0 Å². The highest BCUT2D eigenvalue weighted by Gasteiger charge is 2.08. The molecule has 0 bridgehead atoms. The standard InChI is InChI=1S/C17H22N4/c1-20(2)15-9-5-13(6-10-15)17(19-18)14-7-11-16(12-8-14)21(3)4/h5-12H,18H2,1-4H3. The van der Waals surface area contributed by atoms with E-state index in [-0.39, 0.29) is 0 Å². The molecule has 0 unspecified atom stereocenters. The van der Waals surface area contributed by atoms with Gasteiger partial charge in [0.2, 0.25) is 0 Å². The van der Waals surface area contributed by atoms with Crippen molar-refractivity contribution in [2.24, 2.45) is 10.9 Å². The first-order valence-electron chi connectivity index (χ1n) is 6.86. The number of benzene rings is 2. The third-order valence-electron chi connectivity index (χ3n) is 3.44. The maximum absolute atomic E-state index is 5.60. The van der Waals surface area contributed by atoms with Crippen molar-refractivity contribution in [1.82, 2.24) is 0 Å². The molecule has 0 atom stereocenters. The summed E-state index contributed by atoms with van der Waals surface area (Å²) in [5, 5.41) is 3.97. The number of anilines is 2. The topological polar surface area (TPSA) is 44.9 Å². The Morgan fingerprint density at radius 3 is 1.29 bits per heavy atom. The first-order chi connectivity index (χ1) is 10.0. The molecule has 0 aromatic heterocycles. The molecule has 0 radical (unpaired) electrons. The first kappa shape index (κ1) is 14.9. The summed E-state index contributed by atoms with van der Waals surface area (Å²) in [4.78, 5) is 4.13. The monoisotopic (exact) mass is 282 g/mol. The van der Waals surface area contributed by atoms with E-state index in [1.54, 1.807) is 0 Å². The van der Waals surface area contributed by atoms with E-state index in [1.807, 2.05) is 52.5 Å². The molecular formula is C17H22N4. The second kappa shape index (κ2) is 6.31. The molecule has 2 aromatic rings. The molecule has 4 heteroatoms. The first-order valence-corrected chi connectivity index (χ1v) is 6.86. The maximum atomic E-state index is 5.60. The molecule has 2 N–H and O–H groups in total. The van der Waals surface area contributed by atoms with Crippen molar-refractivity contribution in [3.05, 3.63) is 59.7 Å². The lowest BCUT2D eigenvalue weighted by atomic mass is 10.0. The van der Waals surface area contributed by atoms with Gasteiger partial charge in [0, 0.05) is 50.7 Å². The number of nitrogens with two attached hydrogens (primary N) is 1. The molecule has 21 heavy (non-hydrogen) atoms. The summed E-state index contributed by atoms with van der Waals surface area (Å²) >= 11 is 0. The van der Waals surface area contributed by atoms with Crippen LogP contribution in [0.2, 0.25) is 0 Å². The van der Waals surface area contributed by atoms with Crippen molar-refractivity contribution in [3.8, 4) is 0 Å². The minimum atomic E-state index is 0.797. The van der Waals surface area contributed by atoms with Crippen LogP contribution in [0.1, 0.15) is 11.1 Å². The molecule has 2 rings (SSSR count). The lowest BCUT2D eigenvalue weighted by molar-refractivity contribution is 1.13. The summed E-state index contributed by atoms with van der Waals surface area (Å²) in [7, 11) is 8.08. The van der Waals surface area contributed by atoms with Gasteiger partial charge in [0.05, 0.1) is 5.71 Å². The van der Waals surface area contributed by atoms with Crippen molar-refractivity contribution in [2.75, 3.05) is 38.0 Å². The Kier molecular flexibility index (Phi) is 4.48. The molecule has 0 aliphatic rings. The minimum Gasteiger partial charge on any atom is -0.378 e. The zero-order valence-electron chi connectivity index (χ0n) is 13.0. The van der Waals surface area contributed by atoms with Crippen LogP contribution in [-0.4, -0.2) is 33.9 Å². The van der Waals surface area contributed by atoms with Gasteiger partial charge in [-0.25, -0.2) is 0 Å². The van der Waals surface area contributed by atoms with Crippen LogP contribution in [0.4, 0.5) is 11.4 Å². The number of hydrogen-bond acceptors (Lipinski definition) is 4. The van der Waals surface area contributed by atoms with Crippen molar-refractivity contribution in [2.45, 2.75) is 0 Å². The molecule has 0 saturated heterocycles. The zero-order valence-corrected chi connectivity index (χ0v) is 13.0. The number of nitrogens with zero attached hydrogens (tertiary/aromatic N) is 3. The number of rotatable bonds is 4. The van der Waals surface area contributed by atoms with Crippen LogP contribution < -0.4 is 15.6 Å². The highest BCUT2D eigenvalue weighted by molar-refractivity contribution is 6.13. The molecule has 0 fully saturated rings. The fourth-order valence-corrected chi connectivity index (χ4v) is 2.15. The van der Waals surface area contributed by atoms with Crippen molar-refractivity contribution in [3.63, 3.8) is 0 Å². The summed E-state index contributed by atoms with van der Waals surface area (Å²) < 4.78 is 0. The van der Waals surface area contributed by atoms with Crippen molar-refractivity contribution >= 4 is 17.1 Å². The molecule has 4 nitrogen and oxygen atoms in total. The van der Waals surface area contributed by atoms with Crippen LogP contribution in [-0.2, 0) is 0 Å². The van der Waals surface area contributed by atoms with Crippen LogP contribution in [0.3, 0.4) is 0 Å². The number of hydrazone groups is 1. The number of hydrogen-bond donors (Lipinski definition) is 1. The Morgan fingerprint density at radius 2 is 1.05 bits per heavy atom. The second-order valence-electron chi connectivity index (χ2n) is 5.36. The smallest absolute Gasteiger partial charge is 0.0971 e. The van der Waals surface area contributed by atoms with E-state index in [9.17, 15) is 0 Å². The van der Waals surface area contributed by atoms with E-state index in [4.69, 9.17) is 5.84 Å². The van der Waals surface area contributed by atoms with E-state index in [1.165, 1.54) is 0 Å². The van der Waals surface area contributed by atoms with Gasteiger partial charge < -0.3 is 15.6 Å². The van der Waals surface area contributed by atoms with E-state index in [0.29, 0.717) is 0 Å². The van der Waals surface area contributed by atoms with Gasteiger partial charge in [-0.3, -0.25) is 0 Å². The average molecular weight is 282 g/mol. The molecule has 110 valence electrons. The fraction of sp³-hybridized carbons (Fsp3) is 0.235. The molecule has 0 saturated carbocycles. The predicted molar refractivity (Wildman–Crippen MR) is 91.4 cm³/mol. The summed E-state index contributed by atoms with van der Waals surface area (Å²) in [5.41, 5.74) is 5.13. The van der Waals surface area contributed by atoms with Gasteiger partial charge in [0.1, 0.15) is 0 Å². The van der Waals surface area contributed by atoms with Gasteiger partial charge in [-0.2, -0.15) is 5.10 Å². The van der Waals surface area contributed by atoms with Crippen LogP contribution in [0.25, 0.3) is 0 Å². The zero-order chi connectivity index (χ0) is 15.4. The SMILES string of the molecule is CN(C)c1ccc(C(=NN)c2ccc(N(C)C)cc2)cc1. The highest BCUT2D eigenvalue weighted by atomic mass is 15.1. The fourth-order valence-electron chi connectivity index (χ4n) is 2.15.